The summed E-state index contributed by atoms with van der Waals surface area (Å²) in [6, 6.07) is 11.3. The molecule has 1 aromatic heterocycles. The molecule has 1 amide bonds. The smallest absolute Gasteiger partial charge is 0.349 e. The number of anilines is 2. The van der Waals surface area contributed by atoms with E-state index in [-0.39, 0.29) is 75.2 Å². The van der Waals surface area contributed by atoms with E-state index in [2.05, 4.69) is 16.0 Å². The van der Waals surface area contributed by atoms with Gasteiger partial charge in [-0.15, -0.1) is 4.40 Å². The van der Waals surface area contributed by atoms with Gasteiger partial charge >= 0.3 is 10.2 Å². The number of piperazine rings is 1. The van der Waals surface area contributed by atoms with Gasteiger partial charge in [0.25, 0.3) is 0 Å². The number of amidine groups is 1. The van der Waals surface area contributed by atoms with Crippen LogP contribution < -0.4 is 4.31 Å². The summed E-state index contributed by atoms with van der Waals surface area (Å²) >= 11 is 6.78. The monoisotopic (exact) mass is 687 g/mol. The Hall–Kier alpha value is -3.81. The fourth-order valence-corrected chi connectivity index (χ4v) is 8.31. The molecule has 2 aliphatic rings. The number of sulfone groups is 1. The van der Waals surface area contributed by atoms with Crippen molar-refractivity contribution in [1.82, 2.24) is 14.8 Å². The number of benzene rings is 2. The molecule has 3 aromatic rings. The van der Waals surface area contributed by atoms with E-state index in [1.165, 1.54) is 24.3 Å². The Bertz CT molecular complexity index is 2010. The first-order valence-electron chi connectivity index (χ1n) is 14.5. The van der Waals surface area contributed by atoms with Crippen LogP contribution in [0, 0.1) is 5.82 Å². The minimum absolute atomic E-state index is 0.0577. The molecule has 14 heteroatoms. The number of pyridine rings is 1. The van der Waals surface area contributed by atoms with Gasteiger partial charge in [-0.25, -0.2) is 22.1 Å². The summed E-state index contributed by atoms with van der Waals surface area (Å²) in [4.78, 5) is 20.3. The van der Waals surface area contributed by atoms with Crippen LogP contribution >= 0.6 is 11.6 Å². The standard InChI is InChI=1S/C32H35ClFN5O5S2/c1-8-27(40)37-17-20(3)38(18-19(37)2)31-21-16-23(33)29(28-24(34)13-11-15-26(28)45(7,41)42)35-30(21)39(46(43,44)36-31)25-14-10-9-12-22(25)32(4,5)6/h8-16,19-20H,1,17-18H2,2-7H3/t19-,20+/m1/s1. The first-order chi connectivity index (χ1) is 21.4. The number of hydrogen-bond acceptors (Lipinski definition) is 7. The number of para-hydroxylation sites is 1. The highest BCUT2D eigenvalue weighted by molar-refractivity contribution is 7.92. The van der Waals surface area contributed by atoms with Gasteiger partial charge in [0, 0.05) is 31.4 Å². The largest absolute Gasteiger partial charge is 0.352 e. The molecule has 46 heavy (non-hydrogen) atoms. The lowest BCUT2D eigenvalue weighted by Gasteiger charge is -2.46. The Morgan fingerprint density at radius 2 is 1.76 bits per heavy atom. The van der Waals surface area contributed by atoms with E-state index in [1.54, 1.807) is 34.1 Å². The van der Waals surface area contributed by atoms with Crippen LogP contribution in [0.4, 0.5) is 15.9 Å². The Balaban J connectivity index is 1.82. The topological polar surface area (TPSA) is 120 Å². The van der Waals surface area contributed by atoms with Gasteiger partial charge in [0.05, 0.1) is 32.4 Å². The Morgan fingerprint density at radius 1 is 1.09 bits per heavy atom. The van der Waals surface area contributed by atoms with Gasteiger partial charge in [-0.05, 0) is 55.2 Å². The van der Waals surface area contributed by atoms with Crippen LogP contribution in [-0.2, 0) is 30.3 Å². The van der Waals surface area contributed by atoms with E-state index in [9.17, 15) is 21.6 Å². The minimum Gasteiger partial charge on any atom is -0.349 e. The molecule has 10 nitrogen and oxygen atoms in total. The van der Waals surface area contributed by atoms with Gasteiger partial charge in [0.15, 0.2) is 21.5 Å². The van der Waals surface area contributed by atoms with Crippen molar-refractivity contribution in [2.75, 3.05) is 23.7 Å². The maximum absolute atomic E-state index is 15.5. The van der Waals surface area contributed by atoms with Gasteiger partial charge in [-0.2, -0.15) is 8.42 Å². The summed E-state index contributed by atoms with van der Waals surface area (Å²) in [6.45, 7) is 13.6. The molecule has 1 fully saturated rings. The van der Waals surface area contributed by atoms with Crippen molar-refractivity contribution in [3.63, 3.8) is 0 Å². The number of fused-ring (bicyclic) bond motifs is 1. The van der Waals surface area contributed by atoms with Crippen molar-refractivity contribution in [1.29, 1.82) is 0 Å². The lowest BCUT2D eigenvalue weighted by Crippen LogP contribution is -2.60. The fourth-order valence-electron chi connectivity index (χ4n) is 5.90. The van der Waals surface area contributed by atoms with Gasteiger partial charge < -0.3 is 9.80 Å². The van der Waals surface area contributed by atoms with Gasteiger partial charge in [-0.1, -0.05) is 63.2 Å². The molecule has 0 N–H and O–H groups in total. The Morgan fingerprint density at radius 3 is 2.39 bits per heavy atom. The van der Waals surface area contributed by atoms with E-state index in [4.69, 9.17) is 11.6 Å². The Kier molecular flexibility index (Phi) is 8.58. The van der Waals surface area contributed by atoms with E-state index in [0.717, 1.165) is 16.6 Å². The van der Waals surface area contributed by atoms with E-state index in [1.807, 2.05) is 34.6 Å². The summed E-state index contributed by atoms with van der Waals surface area (Å²) < 4.78 is 74.9. The zero-order valence-electron chi connectivity index (χ0n) is 26.3. The summed E-state index contributed by atoms with van der Waals surface area (Å²) in [7, 11) is -8.50. The van der Waals surface area contributed by atoms with E-state index < -0.39 is 31.3 Å². The number of aromatic nitrogens is 1. The Labute approximate surface area is 274 Å². The second-order valence-corrected chi connectivity index (χ2v) is 16.4. The number of carbonyl (C=O) groups excluding carboxylic acids is 1. The number of carbonyl (C=O) groups is 1. The molecule has 2 aliphatic heterocycles. The van der Waals surface area contributed by atoms with Crippen LogP contribution in [0.25, 0.3) is 11.3 Å². The minimum atomic E-state index is -4.54. The SMILES string of the molecule is C=CC(=O)N1C[C@H](C)N(C2=NS(=O)(=O)N(c3ccccc3C(C)(C)C)c3nc(-c4c(F)cccc4S(C)(=O)=O)c(Cl)cc32)C[C@H]1C. The van der Waals surface area contributed by atoms with Crippen molar-refractivity contribution < 1.29 is 26.0 Å². The molecule has 1 saturated heterocycles. The van der Waals surface area contributed by atoms with E-state index in [0.29, 0.717) is 5.56 Å². The molecule has 0 saturated carbocycles. The zero-order valence-corrected chi connectivity index (χ0v) is 28.7. The molecule has 0 bridgehead atoms. The third-order valence-corrected chi connectivity index (χ3v) is 10.7. The molecule has 2 aromatic carbocycles. The molecule has 244 valence electrons. The number of nitrogens with zero attached hydrogens (tertiary/aromatic N) is 5. The highest BCUT2D eigenvalue weighted by Gasteiger charge is 2.42. The molecule has 0 aliphatic carbocycles. The first-order valence-corrected chi connectivity index (χ1v) is 18.2. The molecular formula is C32H35ClFN5O5S2. The van der Waals surface area contributed by atoms with Crippen molar-refractivity contribution in [2.24, 2.45) is 4.40 Å². The molecule has 2 atom stereocenters. The predicted octanol–water partition coefficient (Wildman–Crippen LogP) is 5.49. The molecule has 5 rings (SSSR count). The number of rotatable bonds is 4. The third-order valence-electron chi connectivity index (χ3n) is 8.08. The zero-order chi connectivity index (χ0) is 33.9. The maximum atomic E-state index is 15.5. The van der Waals surface area contributed by atoms with Crippen molar-refractivity contribution in [3.05, 3.63) is 83.2 Å². The van der Waals surface area contributed by atoms with Crippen LogP contribution in [0.1, 0.15) is 45.7 Å². The summed E-state index contributed by atoms with van der Waals surface area (Å²) in [5, 5.41) is -0.106. The summed E-state index contributed by atoms with van der Waals surface area (Å²) in [6.07, 6.45) is 2.18. The lowest BCUT2D eigenvalue weighted by molar-refractivity contribution is -0.130. The normalized spacial score (nSPS) is 19.8. The van der Waals surface area contributed by atoms with Crippen LogP contribution in [-0.4, -0.2) is 74.8 Å². The lowest BCUT2D eigenvalue weighted by atomic mass is 9.86. The summed E-state index contributed by atoms with van der Waals surface area (Å²) in [5.74, 6) is -1.20. The summed E-state index contributed by atoms with van der Waals surface area (Å²) in [5.41, 5.74) is 0.0611. The van der Waals surface area contributed by atoms with Gasteiger partial charge in [-0.3, -0.25) is 4.79 Å². The van der Waals surface area contributed by atoms with Crippen LogP contribution in [0.3, 0.4) is 0 Å². The average molecular weight is 688 g/mol. The molecule has 0 radical (unpaired) electrons. The third kappa shape index (κ3) is 5.91. The fraction of sp³-hybridized carbons (Fsp3) is 0.344. The average Bonchev–Trinajstić information content (AvgIpc) is 2.96. The highest BCUT2D eigenvalue weighted by Crippen LogP contribution is 2.45. The van der Waals surface area contributed by atoms with Gasteiger partial charge in [0.1, 0.15) is 5.82 Å². The predicted molar refractivity (Wildman–Crippen MR) is 178 cm³/mol. The van der Waals surface area contributed by atoms with E-state index >= 15 is 4.39 Å². The number of hydrogen-bond donors (Lipinski definition) is 0. The molecule has 0 unspecified atom stereocenters. The molecule has 3 heterocycles. The first kappa shape index (κ1) is 33.6. The molecular weight excluding hydrogens is 653 g/mol. The van der Waals surface area contributed by atoms with Crippen molar-refractivity contribution in [3.8, 4) is 11.3 Å². The van der Waals surface area contributed by atoms with Crippen molar-refractivity contribution >= 4 is 54.9 Å². The van der Waals surface area contributed by atoms with Crippen LogP contribution in [0.5, 0.6) is 0 Å². The van der Waals surface area contributed by atoms with Crippen LogP contribution in [0.15, 0.2) is 70.5 Å². The number of halogens is 2. The van der Waals surface area contributed by atoms with Crippen LogP contribution in [0.2, 0.25) is 5.02 Å². The quantitative estimate of drug-likeness (QED) is 0.333. The van der Waals surface area contributed by atoms with Crippen molar-refractivity contribution in [2.45, 2.75) is 57.0 Å². The highest BCUT2D eigenvalue weighted by atomic mass is 35.5. The number of amides is 1. The second kappa shape index (κ2) is 11.8. The second-order valence-electron chi connectivity index (χ2n) is 12.5. The van der Waals surface area contributed by atoms with Gasteiger partial charge in [0.2, 0.25) is 5.91 Å². The molecule has 0 spiro atoms. The maximum Gasteiger partial charge on any atom is 0.352 e.